The van der Waals surface area contributed by atoms with Gasteiger partial charge in [-0.3, -0.25) is 0 Å². The van der Waals surface area contributed by atoms with Crippen molar-refractivity contribution in [3.05, 3.63) is 23.8 Å². The van der Waals surface area contributed by atoms with Crippen molar-refractivity contribution in [2.45, 2.75) is 38.2 Å². The number of rotatable bonds is 4. The van der Waals surface area contributed by atoms with Crippen molar-refractivity contribution in [3.8, 4) is 0 Å². The van der Waals surface area contributed by atoms with E-state index in [1.165, 1.54) is 6.26 Å². The molecule has 1 aromatic rings. The van der Waals surface area contributed by atoms with Gasteiger partial charge in [0.25, 0.3) is 0 Å². The third kappa shape index (κ3) is 3.16. The Morgan fingerprint density at radius 3 is 2.95 bits per heavy atom. The molecule has 2 unspecified atom stereocenters. The maximum atomic E-state index is 11.7. The Bertz CT molecular complexity index is 649. The highest BCUT2D eigenvalue weighted by molar-refractivity contribution is 7.88. The van der Waals surface area contributed by atoms with Crippen LogP contribution in [0.2, 0.25) is 0 Å². The zero-order valence-electron chi connectivity index (χ0n) is 13.2. The Labute approximate surface area is 132 Å². The molecule has 1 aliphatic heterocycles. The van der Waals surface area contributed by atoms with Gasteiger partial charge in [-0.1, -0.05) is 0 Å². The smallest absolute Gasteiger partial charge is 0.211 e. The van der Waals surface area contributed by atoms with E-state index in [1.54, 1.807) is 17.6 Å². The molecule has 22 heavy (non-hydrogen) atoms. The molecular formula is C15H23N3O3S. The Morgan fingerprint density at radius 1 is 1.45 bits per heavy atom. The zero-order valence-corrected chi connectivity index (χ0v) is 14.0. The second-order valence-electron chi connectivity index (χ2n) is 6.63. The van der Waals surface area contributed by atoms with E-state index in [1.807, 2.05) is 6.07 Å². The highest BCUT2D eigenvalue weighted by Gasteiger charge is 2.47. The minimum absolute atomic E-state index is 0.119. The van der Waals surface area contributed by atoms with Crippen LogP contribution in [0.15, 0.2) is 12.3 Å². The van der Waals surface area contributed by atoms with E-state index < -0.39 is 10.0 Å². The summed E-state index contributed by atoms with van der Waals surface area (Å²) in [6.07, 6.45) is 7.12. The summed E-state index contributed by atoms with van der Waals surface area (Å²) in [6.45, 7) is 1.80. The Balaban J connectivity index is 1.72. The van der Waals surface area contributed by atoms with Gasteiger partial charge in [-0.05, 0) is 37.2 Å². The molecule has 1 saturated carbocycles. The lowest BCUT2D eigenvalue weighted by molar-refractivity contribution is 0.181. The molecule has 0 bridgehead atoms. The fraction of sp³-hybridized carbons (Fsp3) is 0.733. The van der Waals surface area contributed by atoms with Crippen molar-refractivity contribution in [1.29, 1.82) is 0 Å². The van der Waals surface area contributed by atoms with E-state index >= 15 is 0 Å². The summed E-state index contributed by atoms with van der Waals surface area (Å²) >= 11 is 0. The van der Waals surface area contributed by atoms with E-state index in [0.717, 1.165) is 37.2 Å². The fourth-order valence-corrected chi connectivity index (χ4v) is 4.74. The van der Waals surface area contributed by atoms with Crippen LogP contribution in [0.1, 0.15) is 43.1 Å². The molecule has 0 radical (unpaired) electrons. The van der Waals surface area contributed by atoms with Gasteiger partial charge in [-0.2, -0.15) is 0 Å². The van der Waals surface area contributed by atoms with Crippen LogP contribution >= 0.6 is 0 Å². The fourth-order valence-electron chi connectivity index (χ4n) is 3.81. The molecule has 2 heterocycles. The first kappa shape index (κ1) is 15.8. The van der Waals surface area contributed by atoms with Gasteiger partial charge in [0.15, 0.2) is 0 Å². The van der Waals surface area contributed by atoms with Gasteiger partial charge in [0.05, 0.1) is 18.6 Å². The predicted molar refractivity (Wildman–Crippen MR) is 82.8 cm³/mol. The Kier molecular flexibility index (Phi) is 4.22. The van der Waals surface area contributed by atoms with Gasteiger partial charge in [-0.25, -0.2) is 22.7 Å². The van der Waals surface area contributed by atoms with Crippen LogP contribution in [0, 0.1) is 5.41 Å². The van der Waals surface area contributed by atoms with Crippen LogP contribution in [0.3, 0.4) is 0 Å². The lowest BCUT2D eigenvalue weighted by Gasteiger charge is -2.23. The molecule has 1 aromatic heterocycles. The molecule has 0 amide bonds. The van der Waals surface area contributed by atoms with Gasteiger partial charge < -0.3 is 4.74 Å². The first-order valence-corrected chi connectivity index (χ1v) is 9.53. The van der Waals surface area contributed by atoms with Crippen LogP contribution in [0.5, 0.6) is 0 Å². The Morgan fingerprint density at radius 2 is 2.27 bits per heavy atom. The number of nitrogens with zero attached hydrogens (tertiary/aromatic N) is 3. The predicted octanol–water partition coefficient (Wildman–Crippen LogP) is 1.54. The molecular weight excluding hydrogens is 302 g/mol. The SMILES string of the molecule is COCc1ccnc(C2CCC3(CCN(S(C)(=O)=O)C3)C2)n1. The van der Waals surface area contributed by atoms with Gasteiger partial charge in [0, 0.05) is 32.3 Å². The van der Waals surface area contributed by atoms with E-state index in [2.05, 4.69) is 9.97 Å². The molecule has 2 atom stereocenters. The second-order valence-corrected chi connectivity index (χ2v) is 8.61. The summed E-state index contributed by atoms with van der Waals surface area (Å²) in [4.78, 5) is 9.03. The number of sulfonamides is 1. The lowest BCUT2D eigenvalue weighted by Crippen LogP contribution is -2.30. The van der Waals surface area contributed by atoms with Crippen molar-refractivity contribution < 1.29 is 13.2 Å². The summed E-state index contributed by atoms with van der Waals surface area (Å²) in [5.41, 5.74) is 1.02. The first-order valence-electron chi connectivity index (χ1n) is 7.68. The molecule has 2 aliphatic rings. The minimum Gasteiger partial charge on any atom is -0.378 e. The van der Waals surface area contributed by atoms with Gasteiger partial charge in [0.2, 0.25) is 10.0 Å². The first-order chi connectivity index (χ1) is 10.4. The number of hydrogen-bond acceptors (Lipinski definition) is 5. The normalized spacial score (nSPS) is 29.5. The molecule has 6 nitrogen and oxygen atoms in total. The number of hydrogen-bond donors (Lipinski definition) is 0. The van der Waals surface area contributed by atoms with Gasteiger partial charge >= 0.3 is 0 Å². The van der Waals surface area contributed by atoms with Crippen LogP contribution < -0.4 is 0 Å². The van der Waals surface area contributed by atoms with Crippen molar-refractivity contribution in [2.24, 2.45) is 5.41 Å². The monoisotopic (exact) mass is 325 g/mol. The lowest BCUT2D eigenvalue weighted by atomic mass is 9.84. The molecule has 7 heteroatoms. The molecule has 1 saturated heterocycles. The van der Waals surface area contributed by atoms with E-state index in [9.17, 15) is 8.42 Å². The molecule has 122 valence electrons. The average molecular weight is 325 g/mol. The largest absolute Gasteiger partial charge is 0.378 e. The summed E-state index contributed by atoms with van der Waals surface area (Å²) in [5, 5.41) is 0. The molecule has 3 rings (SSSR count). The molecule has 1 aliphatic carbocycles. The van der Waals surface area contributed by atoms with Gasteiger partial charge in [-0.15, -0.1) is 0 Å². The molecule has 0 N–H and O–H groups in total. The number of aromatic nitrogens is 2. The third-order valence-electron chi connectivity index (χ3n) is 4.96. The minimum atomic E-state index is -3.08. The quantitative estimate of drug-likeness (QED) is 0.840. The van der Waals surface area contributed by atoms with Crippen LogP contribution in [0.25, 0.3) is 0 Å². The standard InChI is InChI=1S/C15H23N3O3S/c1-21-10-13-4-7-16-14(17-13)12-3-5-15(9-12)6-8-18(11-15)22(2,19)20/h4,7,12H,3,5-6,8-11H2,1-2H3. The van der Waals surface area contributed by atoms with Crippen LogP contribution in [-0.2, 0) is 21.4 Å². The maximum absolute atomic E-state index is 11.7. The average Bonchev–Trinajstić information content (AvgIpc) is 3.07. The van der Waals surface area contributed by atoms with Crippen molar-refractivity contribution in [1.82, 2.24) is 14.3 Å². The molecule has 1 spiro atoms. The maximum Gasteiger partial charge on any atom is 0.211 e. The number of methoxy groups -OCH3 is 1. The van der Waals surface area contributed by atoms with Crippen LogP contribution in [0.4, 0.5) is 0 Å². The molecule has 2 fully saturated rings. The third-order valence-corrected chi connectivity index (χ3v) is 6.21. The Hall–Kier alpha value is -1.05. The highest BCUT2D eigenvalue weighted by atomic mass is 32.2. The van der Waals surface area contributed by atoms with E-state index in [-0.39, 0.29) is 5.41 Å². The molecule has 0 aromatic carbocycles. The van der Waals surface area contributed by atoms with Gasteiger partial charge in [0.1, 0.15) is 5.82 Å². The summed E-state index contributed by atoms with van der Waals surface area (Å²) in [7, 11) is -1.42. The van der Waals surface area contributed by atoms with Crippen LogP contribution in [-0.4, -0.2) is 49.1 Å². The van der Waals surface area contributed by atoms with E-state index in [0.29, 0.717) is 25.6 Å². The summed E-state index contributed by atoms with van der Waals surface area (Å²) in [5.74, 6) is 1.21. The number of ether oxygens (including phenoxy) is 1. The van der Waals surface area contributed by atoms with Crippen molar-refractivity contribution in [3.63, 3.8) is 0 Å². The van der Waals surface area contributed by atoms with Crippen molar-refractivity contribution >= 4 is 10.0 Å². The highest BCUT2D eigenvalue weighted by Crippen LogP contribution is 2.51. The zero-order chi connectivity index (χ0) is 15.8. The van der Waals surface area contributed by atoms with Crippen molar-refractivity contribution in [2.75, 3.05) is 26.5 Å². The topological polar surface area (TPSA) is 72.4 Å². The van der Waals surface area contributed by atoms with E-state index in [4.69, 9.17) is 4.74 Å². The summed E-state index contributed by atoms with van der Waals surface area (Å²) in [6, 6.07) is 1.87. The summed E-state index contributed by atoms with van der Waals surface area (Å²) < 4.78 is 30.2. The second kappa shape index (κ2) is 5.86.